The molecule has 2 aromatic heterocycles. The van der Waals surface area contributed by atoms with Gasteiger partial charge in [0, 0.05) is 23.7 Å². The summed E-state index contributed by atoms with van der Waals surface area (Å²) in [4.78, 5) is 20.5. The van der Waals surface area contributed by atoms with Crippen molar-refractivity contribution in [2.24, 2.45) is 4.99 Å². The lowest BCUT2D eigenvalue weighted by molar-refractivity contribution is 0.356. The van der Waals surface area contributed by atoms with Crippen LogP contribution in [0.4, 0.5) is 10.2 Å². The molecule has 1 aliphatic rings. The molecule has 9 heteroatoms. The van der Waals surface area contributed by atoms with Crippen LogP contribution in [0.1, 0.15) is 5.56 Å². The Labute approximate surface area is 145 Å². The fourth-order valence-electron chi connectivity index (χ4n) is 2.72. The van der Waals surface area contributed by atoms with Crippen LogP contribution < -0.4 is 5.76 Å². The number of pyridine rings is 1. The molecule has 1 aliphatic heterocycles. The van der Waals surface area contributed by atoms with Crippen LogP contribution in [0.25, 0.3) is 17.1 Å². The van der Waals surface area contributed by atoms with E-state index in [1.807, 2.05) is 0 Å². The number of benzene rings is 1. The van der Waals surface area contributed by atoms with Crippen LogP contribution in [0.5, 0.6) is 0 Å². The molecule has 0 saturated carbocycles. The van der Waals surface area contributed by atoms with Crippen LogP contribution in [-0.4, -0.2) is 32.1 Å². The molecule has 0 unspecified atom stereocenters. The van der Waals surface area contributed by atoms with Gasteiger partial charge in [-0.3, -0.25) is 4.52 Å². The van der Waals surface area contributed by atoms with Crippen LogP contribution in [0.3, 0.4) is 0 Å². The van der Waals surface area contributed by atoms with Gasteiger partial charge in [-0.1, -0.05) is 16.8 Å². The summed E-state index contributed by atoms with van der Waals surface area (Å²) in [6.07, 6.45) is 1.92. The third kappa shape index (κ3) is 2.55. The average Bonchev–Trinajstić information content (AvgIpc) is 3.20. The highest BCUT2D eigenvalue weighted by atomic mass is 35.5. The van der Waals surface area contributed by atoms with E-state index in [9.17, 15) is 14.3 Å². The number of fused-ring (bicyclic) bond motifs is 1. The first-order chi connectivity index (χ1) is 12.1. The number of aliphatic hydroxyl groups is 1. The Morgan fingerprint density at radius 1 is 1.36 bits per heavy atom. The van der Waals surface area contributed by atoms with E-state index in [1.165, 1.54) is 22.9 Å². The molecular formula is C16H10ClFN4O3. The number of aliphatic imine (C=N–C) groups is 1. The van der Waals surface area contributed by atoms with Crippen molar-refractivity contribution in [3.8, 4) is 17.1 Å². The SMILES string of the molecule is O=c1onc(-c2ccnc3c2CC(CO)=N3)n1-c1ccc(F)c(Cl)c1. The van der Waals surface area contributed by atoms with Gasteiger partial charge in [0.1, 0.15) is 5.82 Å². The van der Waals surface area contributed by atoms with Crippen molar-refractivity contribution in [1.29, 1.82) is 0 Å². The van der Waals surface area contributed by atoms with Gasteiger partial charge >= 0.3 is 5.76 Å². The Bertz CT molecular complexity index is 1070. The normalized spacial score (nSPS) is 13.0. The van der Waals surface area contributed by atoms with Gasteiger partial charge in [-0.05, 0) is 24.3 Å². The maximum absolute atomic E-state index is 13.4. The largest absolute Gasteiger partial charge is 0.446 e. The fourth-order valence-corrected chi connectivity index (χ4v) is 2.89. The van der Waals surface area contributed by atoms with Gasteiger partial charge in [-0.25, -0.2) is 23.7 Å². The number of aliphatic hydroxyl groups excluding tert-OH is 1. The molecule has 0 atom stereocenters. The van der Waals surface area contributed by atoms with Crippen molar-refractivity contribution < 1.29 is 14.0 Å². The predicted molar refractivity (Wildman–Crippen MR) is 88.2 cm³/mol. The molecule has 0 bridgehead atoms. The number of aromatic nitrogens is 3. The molecule has 0 aliphatic carbocycles. The molecule has 0 saturated heterocycles. The minimum absolute atomic E-state index is 0.123. The van der Waals surface area contributed by atoms with Gasteiger partial charge in [0.15, 0.2) is 11.6 Å². The molecule has 126 valence electrons. The van der Waals surface area contributed by atoms with E-state index in [2.05, 4.69) is 15.1 Å². The van der Waals surface area contributed by atoms with Crippen molar-refractivity contribution >= 4 is 23.1 Å². The number of nitrogens with zero attached hydrogens (tertiary/aromatic N) is 4. The third-order valence-corrected chi connectivity index (χ3v) is 4.16. The van der Waals surface area contributed by atoms with Crippen molar-refractivity contribution in [3.05, 3.63) is 57.4 Å². The van der Waals surface area contributed by atoms with Crippen molar-refractivity contribution in [3.63, 3.8) is 0 Å². The van der Waals surface area contributed by atoms with E-state index < -0.39 is 11.6 Å². The molecule has 25 heavy (non-hydrogen) atoms. The number of hydrogen-bond donors (Lipinski definition) is 1. The Morgan fingerprint density at radius 2 is 2.20 bits per heavy atom. The Morgan fingerprint density at radius 3 is 2.96 bits per heavy atom. The molecular weight excluding hydrogens is 351 g/mol. The van der Waals surface area contributed by atoms with E-state index in [4.69, 9.17) is 16.1 Å². The van der Waals surface area contributed by atoms with E-state index in [1.54, 1.807) is 6.07 Å². The van der Waals surface area contributed by atoms with Crippen LogP contribution in [0.2, 0.25) is 5.02 Å². The fraction of sp³-hybridized carbons (Fsp3) is 0.125. The molecule has 0 radical (unpaired) electrons. The first-order valence-corrected chi connectivity index (χ1v) is 7.66. The van der Waals surface area contributed by atoms with Gasteiger partial charge in [0.05, 0.1) is 23.0 Å². The lowest BCUT2D eigenvalue weighted by Crippen LogP contribution is -2.14. The lowest BCUT2D eigenvalue weighted by Gasteiger charge is -2.08. The minimum Gasteiger partial charge on any atom is -0.390 e. The second-order valence-corrected chi connectivity index (χ2v) is 5.79. The lowest BCUT2D eigenvalue weighted by atomic mass is 10.1. The molecule has 1 N–H and O–H groups in total. The zero-order valence-electron chi connectivity index (χ0n) is 12.6. The van der Waals surface area contributed by atoms with Gasteiger partial charge in [0.25, 0.3) is 0 Å². The summed E-state index contributed by atoms with van der Waals surface area (Å²) in [7, 11) is 0. The standard InChI is InChI=1S/C16H10ClFN4O3/c17-12-6-9(1-2-13(12)18)22-15(21-25-16(22)24)10-3-4-19-14-11(10)5-8(7-23)20-14/h1-4,6,23H,5,7H2. The van der Waals surface area contributed by atoms with Gasteiger partial charge < -0.3 is 5.11 Å². The Balaban J connectivity index is 1.89. The zero-order valence-corrected chi connectivity index (χ0v) is 13.4. The summed E-state index contributed by atoms with van der Waals surface area (Å²) in [6, 6.07) is 5.55. The van der Waals surface area contributed by atoms with Gasteiger partial charge in [-0.2, -0.15) is 0 Å². The summed E-state index contributed by atoms with van der Waals surface area (Å²) in [5.74, 6) is -0.645. The molecule has 7 nitrogen and oxygen atoms in total. The first-order valence-electron chi connectivity index (χ1n) is 7.28. The predicted octanol–water partition coefficient (Wildman–Crippen LogP) is 2.30. The maximum Gasteiger partial charge on any atom is 0.446 e. The van der Waals surface area contributed by atoms with E-state index in [-0.39, 0.29) is 17.5 Å². The quantitative estimate of drug-likeness (QED) is 0.773. The minimum atomic E-state index is -0.732. The number of rotatable bonds is 3. The van der Waals surface area contributed by atoms with Crippen LogP contribution in [0, 0.1) is 5.82 Å². The molecule has 3 aromatic rings. The molecule has 1 aromatic carbocycles. The van der Waals surface area contributed by atoms with Gasteiger partial charge in [-0.15, -0.1) is 0 Å². The first kappa shape index (κ1) is 15.7. The Kier molecular flexibility index (Phi) is 3.70. The van der Waals surface area contributed by atoms with Crippen LogP contribution in [0.15, 0.2) is 44.8 Å². The smallest absolute Gasteiger partial charge is 0.390 e. The highest BCUT2D eigenvalue weighted by Gasteiger charge is 2.24. The maximum atomic E-state index is 13.4. The highest BCUT2D eigenvalue weighted by molar-refractivity contribution is 6.30. The van der Waals surface area contributed by atoms with E-state index in [0.29, 0.717) is 29.2 Å². The Hall–Kier alpha value is -2.84. The third-order valence-electron chi connectivity index (χ3n) is 3.87. The van der Waals surface area contributed by atoms with Crippen LogP contribution >= 0.6 is 11.6 Å². The summed E-state index contributed by atoms with van der Waals surface area (Å²) < 4.78 is 19.4. The molecule has 0 amide bonds. The summed E-state index contributed by atoms with van der Waals surface area (Å²) >= 11 is 5.82. The number of hydrogen-bond acceptors (Lipinski definition) is 6. The molecule has 0 spiro atoms. The van der Waals surface area contributed by atoms with Crippen molar-refractivity contribution in [2.75, 3.05) is 6.61 Å². The second-order valence-electron chi connectivity index (χ2n) is 5.38. The number of halogens is 2. The molecule has 4 rings (SSSR count). The molecule has 3 heterocycles. The van der Waals surface area contributed by atoms with Gasteiger partial charge in [0.2, 0.25) is 0 Å². The van der Waals surface area contributed by atoms with Crippen molar-refractivity contribution in [1.82, 2.24) is 14.7 Å². The van der Waals surface area contributed by atoms with Crippen molar-refractivity contribution in [2.45, 2.75) is 6.42 Å². The second kappa shape index (κ2) is 5.91. The average molecular weight is 361 g/mol. The summed E-state index contributed by atoms with van der Waals surface area (Å²) in [5, 5.41) is 13.0. The zero-order chi connectivity index (χ0) is 17.6. The topological polar surface area (TPSA) is 93.5 Å². The highest BCUT2D eigenvalue weighted by Crippen LogP contribution is 2.33. The van der Waals surface area contributed by atoms with E-state index in [0.717, 1.165) is 11.6 Å². The summed E-state index contributed by atoms with van der Waals surface area (Å²) in [5.41, 5.74) is 2.20. The monoisotopic (exact) mass is 360 g/mol. The van der Waals surface area contributed by atoms with E-state index >= 15 is 0 Å². The summed E-state index contributed by atoms with van der Waals surface area (Å²) in [6.45, 7) is -0.186. The van der Waals surface area contributed by atoms with Crippen LogP contribution in [-0.2, 0) is 6.42 Å². The molecule has 0 fully saturated rings.